The number of halogens is 2. The molecule has 0 radical (unpaired) electrons. The van der Waals surface area contributed by atoms with Gasteiger partial charge in [0, 0.05) is 5.88 Å². The Morgan fingerprint density at radius 1 is 1.21 bits per heavy atom. The van der Waals surface area contributed by atoms with Gasteiger partial charge in [-0.2, -0.15) is 0 Å². The van der Waals surface area contributed by atoms with E-state index < -0.39 is 0 Å². The third kappa shape index (κ3) is 3.18. The summed E-state index contributed by atoms with van der Waals surface area (Å²) in [6.45, 7) is 2.16. The molecule has 0 aliphatic rings. The molecule has 0 fully saturated rings. The predicted molar refractivity (Wildman–Crippen MR) is 64.2 cm³/mol. The maximum Gasteiger partial charge on any atom is 0.0624 e. The molecule has 0 spiro atoms. The Hall–Kier alpha value is -0.200. The second-order valence-electron chi connectivity index (χ2n) is 3.52. The first kappa shape index (κ1) is 11.9. The Bertz CT molecular complexity index is 246. The third-order valence-electron chi connectivity index (χ3n) is 2.39. The standard InChI is InChI=1S/C12H16Cl2/c1-2-6-11(9-13)12(14)10-7-4-3-5-8-10/h3-5,7-8,11-12H,2,6,9H2,1H3. The summed E-state index contributed by atoms with van der Waals surface area (Å²) in [6, 6.07) is 10.2. The molecular weight excluding hydrogens is 215 g/mol. The molecule has 0 bridgehead atoms. The minimum Gasteiger partial charge on any atom is -0.126 e. The van der Waals surface area contributed by atoms with Crippen LogP contribution < -0.4 is 0 Å². The fourth-order valence-electron chi connectivity index (χ4n) is 1.58. The number of hydrogen-bond donors (Lipinski definition) is 0. The van der Waals surface area contributed by atoms with E-state index in [1.165, 1.54) is 5.56 Å². The SMILES string of the molecule is CCCC(CCl)C(Cl)c1ccccc1. The smallest absolute Gasteiger partial charge is 0.0624 e. The molecule has 0 saturated carbocycles. The van der Waals surface area contributed by atoms with E-state index in [4.69, 9.17) is 23.2 Å². The van der Waals surface area contributed by atoms with Gasteiger partial charge in [0.15, 0.2) is 0 Å². The van der Waals surface area contributed by atoms with Crippen LogP contribution in [-0.2, 0) is 0 Å². The van der Waals surface area contributed by atoms with E-state index in [1.807, 2.05) is 18.2 Å². The quantitative estimate of drug-likeness (QED) is 0.648. The van der Waals surface area contributed by atoms with E-state index in [0.717, 1.165) is 12.8 Å². The average Bonchev–Trinajstić information content (AvgIpc) is 2.26. The van der Waals surface area contributed by atoms with Crippen LogP contribution in [-0.4, -0.2) is 5.88 Å². The Kier molecular flexibility index (Phi) is 5.36. The molecule has 0 N–H and O–H groups in total. The predicted octanol–water partition coefficient (Wildman–Crippen LogP) is 4.62. The highest BCUT2D eigenvalue weighted by molar-refractivity contribution is 6.22. The molecule has 0 aliphatic heterocycles. The molecule has 0 nitrogen and oxygen atoms in total. The van der Waals surface area contributed by atoms with Crippen LogP contribution in [0.3, 0.4) is 0 Å². The highest BCUT2D eigenvalue weighted by Crippen LogP contribution is 2.32. The molecule has 0 saturated heterocycles. The van der Waals surface area contributed by atoms with Crippen molar-refractivity contribution in [2.75, 3.05) is 5.88 Å². The summed E-state index contributed by atoms with van der Waals surface area (Å²) in [7, 11) is 0. The van der Waals surface area contributed by atoms with Crippen molar-refractivity contribution in [3.63, 3.8) is 0 Å². The monoisotopic (exact) mass is 230 g/mol. The third-order valence-corrected chi connectivity index (χ3v) is 3.39. The fourth-order valence-corrected chi connectivity index (χ4v) is 2.37. The lowest BCUT2D eigenvalue weighted by molar-refractivity contribution is 0.513. The number of benzene rings is 1. The Balaban J connectivity index is 2.67. The summed E-state index contributed by atoms with van der Waals surface area (Å²) >= 11 is 12.3. The van der Waals surface area contributed by atoms with Crippen LogP contribution >= 0.6 is 23.2 Å². The van der Waals surface area contributed by atoms with Gasteiger partial charge in [0.1, 0.15) is 0 Å². The summed E-state index contributed by atoms with van der Waals surface area (Å²) < 4.78 is 0. The minimum atomic E-state index is 0.0497. The van der Waals surface area contributed by atoms with Gasteiger partial charge < -0.3 is 0 Å². The lowest BCUT2D eigenvalue weighted by Gasteiger charge is -2.19. The molecule has 2 unspecified atom stereocenters. The van der Waals surface area contributed by atoms with Crippen molar-refractivity contribution in [1.29, 1.82) is 0 Å². The first-order chi connectivity index (χ1) is 6.79. The molecule has 1 aromatic rings. The zero-order valence-corrected chi connectivity index (χ0v) is 9.93. The maximum atomic E-state index is 6.37. The van der Waals surface area contributed by atoms with Crippen LogP contribution in [0.25, 0.3) is 0 Å². The molecule has 0 amide bonds. The number of hydrogen-bond acceptors (Lipinski definition) is 0. The van der Waals surface area contributed by atoms with Crippen molar-refractivity contribution in [2.45, 2.75) is 25.1 Å². The summed E-state index contributed by atoms with van der Waals surface area (Å²) in [5.41, 5.74) is 1.17. The largest absolute Gasteiger partial charge is 0.126 e. The zero-order chi connectivity index (χ0) is 10.4. The van der Waals surface area contributed by atoms with E-state index in [9.17, 15) is 0 Å². The molecule has 1 rings (SSSR count). The maximum absolute atomic E-state index is 6.37. The van der Waals surface area contributed by atoms with Gasteiger partial charge in [0.25, 0.3) is 0 Å². The summed E-state index contributed by atoms with van der Waals surface area (Å²) in [6.07, 6.45) is 2.22. The van der Waals surface area contributed by atoms with Crippen molar-refractivity contribution >= 4 is 23.2 Å². The Morgan fingerprint density at radius 3 is 2.36 bits per heavy atom. The van der Waals surface area contributed by atoms with Gasteiger partial charge in [-0.05, 0) is 17.9 Å². The lowest BCUT2D eigenvalue weighted by atomic mass is 9.96. The van der Waals surface area contributed by atoms with Gasteiger partial charge in [-0.25, -0.2) is 0 Å². The number of rotatable bonds is 5. The normalized spacial score (nSPS) is 15.1. The lowest BCUT2D eigenvalue weighted by Crippen LogP contribution is -2.09. The van der Waals surface area contributed by atoms with E-state index in [0.29, 0.717) is 11.8 Å². The topological polar surface area (TPSA) is 0 Å². The summed E-state index contributed by atoms with van der Waals surface area (Å²) in [5, 5.41) is 0.0497. The van der Waals surface area contributed by atoms with Crippen LogP contribution in [0.5, 0.6) is 0 Å². The minimum absolute atomic E-state index is 0.0497. The average molecular weight is 231 g/mol. The van der Waals surface area contributed by atoms with Gasteiger partial charge in [-0.1, -0.05) is 43.7 Å². The molecule has 2 heteroatoms. The molecule has 2 atom stereocenters. The molecule has 0 aliphatic carbocycles. The summed E-state index contributed by atoms with van der Waals surface area (Å²) in [4.78, 5) is 0. The van der Waals surface area contributed by atoms with Crippen molar-refractivity contribution in [2.24, 2.45) is 5.92 Å². The molecule has 78 valence electrons. The van der Waals surface area contributed by atoms with E-state index in [2.05, 4.69) is 19.1 Å². The van der Waals surface area contributed by atoms with Crippen molar-refractivity contribution in [3.8, 4) is 0 Å². The van der Waals surface area contributed by atoms with Gasteiger partial charge in [-0.15, -0.1) is 23.2 Å². The van der Waals surface area contributed by atoms with E-state index in [1.54, 1.807) is 0 Å². The van der Waals surface area contributed by atoms with Gasteiger partial charge in [0.05, 0.1) is 5.38 Å². The molecule has 0 heterocycles. The first-order valence-corrected chi connectivity index (χ1v) is 6.01. The number of alkyl halides is 2. The van der Waals surface area contributed by atoms with Crippen LogP contribution in [0.1, 0.15) is 30.7 Å². The van der Waals surface area contributed by atoms with Crippen LogP contribution in [0.2, 0.25) is 0 Å². The van der Waals surface area contributed by atoms with Gasteiger partial charge in [0.2, 0.25) is 0 Å². The second-order valence-corrected chi connectivity index (χ2v) is 4.29. The van der Waals surface area contributed by atoms with Gasteiger partial charge in [-0.3, -0.25) is 0 Å². The zero-order valence-electron chi connectivity index (χ0n) is 8.42. The van der Waals surface area contributed by atoms with E-state index >= 15 is 0 Å². The molecular formula is C12H16Cl2. The van der Waals surface area contributed by atoms with Gasteiger partial charge >= 0.3 is 0 Å². The van der Waals surface area contributed by atoms with E-state index in [-0.39, 0.29) is 5.38 Å². The van der Waals surface area contributed by atoms with Crippen molar-refractivity contribution < 1.29 is 0 Å². The highest BCUT2D eigenvalue weighted by Gasteiger charge is 2.18. The Labute approximate surface area is 96.2 Å². The van der Waals surface area contributed by atoms with Crippen molar-refractivity contribution in [1.82, 2.24) is 0 Å². The molecule has 0 aromatic heterocycles. The summed E-state index contributed by atoms with van der Waals surface area (Å²) in [5.74, 6) is 1.02. The first-order valence-electron chi connectivity index (χ1n) is 5.04. The van der Waals surface area contributed by atoms with Crippen LogP contribution in [0.15, 0.2) is 30.3 Å². The fraction of sp³-hybridized carbons (Fsp3) is 0.500. The van der Waals surface area contributed by atoms with Crippen LogP contribution in [0.4, 0.5) is 0 Å². The molecule has 14 heavy (non-hydrogen) atoms. The van der Waals surface area contributed by atoms with Crippen molar-refractivity contribution in [3.05, 3.63) is 35.9 Å². The molecule has 1 aromatic carbocycles. The second kappa shape index (κ2) is 6.31. The van der Waals surface area contributed by atoms with Crippen LogP contribution in [0, 0.1) is 5.92 Å². The Morgan fingerprint density at radius 2 is 1.86 bits per heavy atom. The highest BCUT2D eigenvalue weighted by atomic mass is 35.5.